The number of aromatic nitrogens is 3. The Balaban J connectivity index is 1.39. The van der Waals surface area contributed by atoms with Gasteiger partial charge in [0.2, 0.25) is 5.95 Å². The highest BCUT2D eigenvalue weighted by atomic mass is 19.4. The standard InChI is InChI=1S/C27H20F3N5O2/c1-37-21-10-8-16(9-11-21)23-24-22(12-13-31-24)34-26(35-23)33-20-7-3-6-19(15-20)32-25(36)17-4-2-5-18(14-17)27(28,29)30/h2-15,31H,1H3,(H,32,36)(H,33,34,35). The van der Waals surface area contributed by atoms with Crippen LogP contribution in [-0.4, -0.2) is 28.0 Å². The monoisotopic (exact) mass is 503 g/mol. The van der Waals surface area contributed by atoms with Crippen molar-refractivity contribution in [1.29, 1.82) is 0 Å². The van der Waals surface area contributed by atoms with Crippen LogP contribution in [0.1, 0.15) is 15.9 Å². The van der Waals surface area contributed by atoms with Crippen molar-refractivity contribution in [3.63, 3.8) is 0 Å². The van der Waals surface area contributed by atoms with E-state index in [1.807, 2.05) is 30.3 Å². The number of benzene rings is 3. The second kappa shape index (κ2) is 9.65. The number of carbonyl (C=O) groups excluding carboxylic acids is 1. The lowest BCUT2D eigenvalue weighted by Crippen LogP contribution is -2.14. The van der Waals surface area contributed by atoms with Crippen LogP contribution in [0.4, 0.5) is 30.5 Å². The summed E-state index contributed by atoms with van der Waals surface area (Å²) in [4.78, 5) is 25.0. The Hall–Kier alpha value is -4.86. The van der Waals surface area contributed by atoms with Gasteiger partial charge in [-0.2, -0.15) is 13.2 Å². The number of fused-ring (bicyclic) bond motifs is 1. The first kappa shape index (κ1) is 23.9. The molecule has 0 aliphatic rings. The Kier molecular flexibility index (Phi) is 6.22. The van der Waals surface area contributed by atoms with E-state index in [0.29, 0.717) is 28.5 Å². The lowest BCUT2D eigenvalue weighted by molar-refractivity contribution is -0.137. The largest absolute Gasteiger partial charge is 0.497 e. The van der Waals surface area contributed by atoms with Crippen LogP contribution < -0.4 is 15.4 Å². The summed E-state index contributed by atoms with van der Waals surface area (Å²) in [5, 5.41) is 5.77. The predicted octanol–water partition coefficient (Wildman–Crippen LogP) is 6.65. The minimum atomic E-state index is -4.54. The van der Waals surface area contributed by atoms with Crippen LogP contribution >= 0.6 is 0 Å². The highest BCUT2D eigenvalue weighted by molar-refractivity contribution is 6.04. The number of anilines is 3. The van der Waals surface area contributed by atoms with E-state index in [1.165, 1.54) is 12.1 Å². The SMILES string of the molecule is COc1ccc(-c2nc(Nc3cccc(NC(=O)c4cccc(C(F)(F)F)c4)c3)nc3cc[nH]c23)cc1. The molecule has 186 valence electrons. The first-order valence-electron chi connectivity index (χ1n) is 11.2. The molecule has 0 bridgehead atoms. The van der Waals surface area contributed by atoms with Gasteiger partial charge in [-0.25, -0.2) is 9.97 Å². The summed E-state index contributed by atoms with van der Waals surface area (Å²) in [7, 11) is 1.60. The van der Waals surface area contributed by atoms with Crippen LogP contribution in [0.3, 0.4) is 0 Å². The van der Waals surface area contributed by atoms with Crippen LogP contribution in [0.25, 0.3) is 22.3 Å². The summed E-state index contributed by atoms with van der Waals surface area (Å²) < 4.78 is 44.3. The second-order valence-corrected chi connectivity index (χ2v) is 8.10. The van der Waals surface area contributed by atoms with Gasteiger partial charge in [-0.15, -0.1) is 0 Å². The smallest absolute Gasteiger partial charge is 0.416 e. The Morgan fingerprint density at radius 1 is 0.919 bits per heavy atom. The molecule has 0 fully saturated rings. The molecule has 2 aromatic heterocycles. The normalized spacial score (nSPS) is 11.4. The number of halogens is 3. The van der Waals surface area contributed by atoms with Crippen LogP contribution in [0.15, 0.2) is 85.1 Å². The minimum absolute atomic E-state index is 0.0986. The zero-order valence-corrected chi connectivity index (χ0v) is 19.4. The van der Waals surface area contributed by atoms with Crippen molar-refractivity contribution in [1.82, 2.24) is 15.0 Å². The third kappa shape index (κ3) is 5.22. The first-order chi connectivity index (χ1) is 17.8. The Morgan fingerprint density at radius 2 is 1.68 bits per heavy atom. The summed E-state index contributed by atoms with van der Waals surface area (Å²) in [6.45, 7) is 0. The summed E-state index contributed by atoms with van der Waals surface area (Å²) >= 11 is 0. The molecule has 3 N–H and O–H groups in total. The number of carbonyl (C=O) groups is 1. The summed E-state index contributed by atoms with van der Waals surface area (Å²) in [5.74, 6) is 0.400. The number of alkyl halides is 3. The van der Waals surface area contributed by atoms with Gasteiger partial charge < -0.3 is 20.4 Å². The zero-order chi connectivity index (χ0) is 26.0. The predicted molar refractivity (Wildman–Crippen MR) is 135 cm³/mol. The molecule has 7 nitrogen and oxygen atoms in total. The van der Waals surface area contributed by atoms with E-state index >= 15 is 0 Å². The molecule has 5 aromatic rings. The summed E-state index contributed by atoms with van der Waals surface area (Å²) in [6.07, 6.45) is -2.76. The van der Waals surface area contributed by atoms with Gasteiger partial charge >= 0.3 is 6.18 Å². The molecule has 2 heterocycles. The maximum Gasteiger partial charge on any atom is 0.416 e. The molecule has 0 radical (unpaired) electrons. The van der Waals surface area contributed by atoms with Crippen molar-refractivity contribution in [2.75, 3.05) is 17.7 Å². The van der Waals surface area contributed by atoms with Gasteiger partial charge in [0.15, 0.2) is 0 Å². The van der Waals surface area contributed by atoms with Gasteiger partial charge in [0, 0.05) is 28.7 Å². The summed E-state index contributed by atoms with van der Waals surface area (Å²) in [6, 6.07) is 20.3. The molecule has 0 saturated heterocycles. The van der Waals surface area contributed by atoms with E-state index in [2.05, 4.69) is 25.6 Å². The average Bonchev–Trinajstić information content (AvgIpc) is 3.37. The fourth-order valence-corrected chi connectivity index (χ4v) is 3.80. The molecule has 10 heteroatoms. The number of H-pyrrole nitrogens is 1. The minimum Gasteiger partial charge on any atom is -0.497 e. The van der Waals surface area contributed by atoms with Gasteiger partial charge in [0.25, 0.3) is 5.91 Å². The van der Waals surface area contributed by atoms with Crippen molar-refractivity contribution >= 4 is 34.3 Å². The molecule has 0 aliphatic heterocycles. The van der Waals surface area contributed by atoms with E-state index in [1.54, 1.807) is 37.6 Å². The van der Waals surface area contributed by atoms with Crippen LogP contribution in [0, 0.1) is 0 Å². The van der Waals surface area contributed by atoms with Gasteiger partial charge in [-0.1, -0.05) is 12.1 Å². The highest BCUT2D eigenvalue weighted by Crippen LogP contribution is 2.31. The molecular formula is C27H20F3N5O2. The number of hydrogen-bond donors (Lipinski definition) is 3. The lowest BCUT2D eigenvalue weighted by atomic mass is 10.1. The maximum absolute atomic E-state index is 13.0. The topological polar surface area (TPSA) is 91.9 Å². The number of rotatable bonds is 6. The third-order valence-electron chi connectivity index (χ3n) is 5.60. The first-order valence-corrected chi connectivity index (χ1v) is 11.2. The number of nitrogens with one attached hydrogen (secondary N) is 3. The molecular weight excluding hydrogens is 483 g/mol. The maximum atomic E-state index is 13.0. The summed E-state index contributed by atoms with van der Waals surface area (Å²) in [5.41, 5.74) is 3.02. The average molecular weight is 503 g/mol. The molecule has 5 rings (SSSR count). The van der Waals surface area contributed by atoms with Crippen molar-refractivity contribution < 1.29 is 22.7 Å². The van der Waals surface area contributed by atoms with E-state index in [9.17, 15) is 18.0 Å². The van der Waals surface area contributed by atoms with E-state index in [0.717, 1.165) is 29.0 Å². The Morgan fingerprint density at radius 3 is 2.43 bits per heavy atom. The molecule has 0 spiro atoms. The van der Waals surface area contributed by atoms with Gasteiger partial charge in [0.1, 0.15) is 5.75 Å². The molecule has 3 aromatic carbocycles. The second-order valence-electron chi connectivity index (χ2n) is 8.10. The number of ether oxygens (including phenoxy) is 1. The molecule has 0 unspecified atom stereocenters. The zero-order valence-electron chi connectivity index (χ0n) is 19.4. The molecule has 0 atom stereocenters. The molecule has 0 saturated carbocycles. The Labute approximate surface area is 209 Å². The number of nitrogens with zero attached hydrogens (tertiary/aromatic N) is 2. The molecule has 1 amide bonds. The van der Waals surface area contributed by atoms with Crippen molar-refractivity contribution in [3.05, 3.63) is 96.2 Å². The third-order valence-corrected chi connectivity index (χ3v) is 5.60. The quantitative estimate of drug-likeness (QED) is 0.241. The fraction of sp³-hybridized carbons (Fsp3) is 0.0741. The fourth-order valence-electron chi connectivity index (χ4n) is 3.80. The van der Waals surface area contributed by atoms with Crippen molar-refractivity contribution in [3.8, 4) is 17.0 Å². The van der Waals surface area contributed by atoms with Gasteiger partial charge in [0.05, 0.1) is 29.4 Å². The van der Waals surface area contributed by atoms with E-state index in [4.69, 9.17) is 4.74 Å². The molecule has 37 heavy (non-hydrogen) atoms. The van der Waals surface area contributed by atoms with Crippen molar-refractivity contribution in [2.45, 2.75) is 6.18 Å². The lowest BCUT2D eigenvalue weighted by Gasteiger charge is -2.11. The van der Waals surface area contributed by atoms with Crippen molar-refractivity contribution in [2.24, 2.45) is 0 Å². The number of hydrogen-bond acceptors (Lipinski definition) is 5. The van der Waals surface area contributed by atoms with Crippen LogP contribution in [-0.2, 0) is 6.18 Å². The van der Waals surface area contributed by atoms with E-state index < -0.39 is 17.6 Å². The molecule has 0 aliphatic carbocycles. The Bertz CT molecular complexity index is 1580. The van der Waals surface area contributed by atoms with E-state index in [-0.39, 0.29) is 5.56 Å². The highest BCUT2D eigenvalue weighted by Gasteiger charge is 2.30. The van der Waals surface area contributed by atoms with Crippen LogP contribution in [0.2, 0.25) is 0 Å². The van der Waals surface area contributed by atoms with Gasteiger partial charge in [-0.3, -0.25) is 4.79 Å². The van der Waals surface area contributed by atoms with Crippen LogP contribution in [0.5, 0.6) is 5.75 Å². The van der Waals surface area contributed by atoms with Gasteiger partial charge in [-0.05, 0) is 66.7 Å². The number of methoxy groups -OCH3 is 1. The number of aromatic amines is 1. The number of amides is 1.